The van der Waals surface area contributed by atoms with Gasteiger partial charge in [-0.05, 0) is 44.7 Å². The fourth-order valence-corrected chi connectivity index (χ4v) is 4.58. The summed E-state index contributed by atoms with van der Waals surface area (Å²) >= 11 is 1.34. The number of hydrogen-bond acceptors (Lipinski definition) is 6. The molecule has 1 fully saturated rings. The predicted molar refractivity (Wildman–Crippen MR) is 115 cm³/mol. The van der Waals surface area contributed by atoms with E-state index >= 15 is 0 Å². The number of nitrogens with one attached hydrogen (secondary N) is 1. The van der Waals surface area contributed by atoms with Crippen molar-refractivity contribution < 1.29 is 19.4 Å². The lowest BCUT2D eigenvalue weighted by molar-refractivity contribution is -0.117. The number of ether oxygens (including phenoxy) is 1. The second kappa shape index (κ2) is 9.52. The molecule has 1 aromatic carbocycles. The van der Waals surface area contributed by atoms with Gasteiger partial charge in [0.05, 0.1) is 19.3 Å². The normalized spacial score (nSPS) is 15.3. The maximum Gasteiger partial charge on any atom is 0.341 e. The number of likely N-dealkylation sites (tertiary alicyclic amines) is 1. The molecule has 0 saturated carbocycles. The first-order valence-electron chi connectivity index (χ1n) is 9.95. The molecule has 1 aromatic heterocycles. The van der Waals surface area contributed by atoms with Crippen molar-refractivity contribution in [2.75, 3.05) is 31.6 Å². The summed E-state index contributed by atoms with van der Waals surface area (Å²) in [5, 5.41) is 14.9. The van der Waals surface area contributed by atoms with Crippen molar-refractivity contribution in [1.82, 2.24) is 4.90 Å². The zero-order valence-electron chi connectivity index (χ0n) is 17.2. The number of aliphatic hydroxyl groups excluding tert-OH is 1. The Labute approximate surface area is 175 Å². The molecule has 3 rings (SSSR count). The number of anilines is 1. The molecule has 1 amide bonds. The van der Waals surface area contributed by atoms with Crippen LogP contribution in [0.3, 0.4) is 0 Å². The van der Waals surface area contributed by atoms with E-state index in [0.717, 1.165) is 22.3 Å². The summed E-state index contributed by atoms with van der Waals surface area (Å²) in [6.45, 7) is 7.70. The van der Waals surface area contributed by atoms with Gasteiger partial charge in [-0.15, -0.1) is 11.3 Å². The number of hydrogen-bond donors (Lipinski definition) is 2. The average molecular weight is 417 g/mol. The Morgan fingerprint density at radius 1 is 1.24 bits per heavy atom. The first-order chi connectivity index (χ1) is 13.9. The van der Waals surface area contributed by atoms with Crippen molar-refractivity contribution in [2.45, 2.75) is 39.7 Å². The summed E-state index contributed by atoms with van der Waals surface area (Å²) in [5.41, 5.74) is 4.37. The number of carbonyl (C=O) groups excluding carboxylic acids is 2. The molecule has 0 atom stereocenters. The predicted octanol–water partition coefficient (Wildman–Crippen LogP) is 3.60. The zero-order chi connectivity index (χ0) is 21.0. The standard InChI is InChI=1S/C22H28N2O4S/c1-4-28-22(27)20-18(17-6-5-14(2)11-15(17)3)13-29-21(20)23-19(26)12-24-9-7-16(25)8-10-24/h5-6,11,13,16,25H,4,7-10,12H2,1-3H3,(H,23,26). The molecular formula is C22H28N2O4S. The highest BCUT2D eigenvalue weighted by atomic mass is 32.1. The largest absolute Gasteiger partial charge is 0.462 e. The highest BCUT2D eigenvalue weighted by molar-refractivity contribution is 7.15. The number of esters is 1. The topological polar surface area (TPSA) is 78.9 Å². The summed E-state index contributed by atoms with van der Waals surface area (Å²) in [6, 6.07) is 6.09. The molecule has 2 aromatic rings. The number of nitrogens with zero attached hydrogens (tertiary/aromatic N) is 1. The molecule has 6 nitrogen and oxygen atoms in total. The lowest BCUT2D eigenvalue weighted by Crippen LogP contribution is -2.40. The summed E-state index contributed by atoms with van der Waals surface area (Å²) in [5.74, 6) is -0.596. The third kappa shape index (κ3) is 5.23. The minimum absolute atomic E-state index is 0.166. The molecule has 0 radical (unpaired) electrons. The molecular weight excluding hydrogens is 388 g/mol. The fourth-order valence-electron chi connectivity index (χ4n) is 3.62. The number of aryl methyl sites for hydroxylation is 2. The number of carbonyl (C=O) groups is 2. The van der Waals surface area contributed by atoms with Crippen LogP contribution < -0.4 is 5.32 Å². The van der Waals surface area contributed by atoms with Crippen LogP contribution in [0.1, 0.15) is 41.3 Å². The Morgan fingerprint density at radius 3 is 2.62 bits per heavy atom. The van der Waals surface area contributed by atoms with Gasteiger partial charge >= 0.3 is 5.97 Å². The lowest BCUT2D eigenvalue weighted by atomic mass is 9.97. The van der Waals surface area contributed by atoms with Gasteiger partial charge in [0.25, 0.3) is 0 Å². The van der Waals surface area contributed by atoms with Gasteiger partial charge in [0.15, 0.2) is 0 Å². The molecule has 2 N–H and O–H groups in total. The summed E-state index contributed by atoms with van der Waals surface area (Å²) < 4.78 is 5.27. The van der Waals surface area contributed by atoms with Crippen LogP contribution in [-0.4, -0.2) is 54.2 Å². The Kier molecular flexibility index (Phi) is 7.05. The Morgan fingerprint density at radius 2 is 1.97 bits per heavy atom. The molecule has 1 saturated heterocycles. The molecule has 0 aliphatic carbocycles. The number of rotatable bonds is 6. The third-order valence-electron chi connectivity index (χ3n) is 5.12. The van der Waals surface area contributed by atoms with Crippen molar-refractivity contribution in [2.24, 2.45) is 0 Å². The SMILES string of the molecule is CCOC(=O)c1c(-c2ccc(C)cc2C)csc1NC(=O)CN1CCC(O)CC1. The molecule has 0 bridgehead atoms. The number of piperidine rings is 1. The first kappa shape index (κ1) is 21.5. The second-order valence-electron chi connectivity index (χ2n) is 7.45. The highest BCUT2D eigenvalue weighted by Gasteiger charge is 2.25. The van der Waals surface area contributed by atoms with Crippen molar-refractivity contribution in [3.63, 3.8) is 0 Å². The van der Waals surface area contributed by atoms with Crippen LogP contribution >= 0.6 is 11.3 Å². The highest BCUT2D eigenvalue weighted by Crippen LogP contribution is 2.37. The molecule has 2 heterocycles. The number of benzene rings is 1. The van der Waals surface area contributed by atoms with Gasteiger partial charge in [-0.2, -0.15) is 0 Å². The molecule has 7 heteroatoms. The number of amides is 1. The van der Waals surface area contributed by atoms with Crippen LogP contribution in [0.4, 0.5) is 5.00 Å². The van der Waals surface area contributed by atoms with E-state index in [0.29, 0.717) is 36.5 Å². The zero-order valence-corrected chi connectivity index (χ0v) is 18.0. The van der Waals surface area contributed by atoms with E-state index in [1.54, 1.807) is 6.92 Å². The van der Waals surface area contributed by atoms with E-state index in [4.69, 9.17) is 4.74 Å². The van der Waals surface area contributed by atoms with E-state index in [-0.39, 0.29) is 25.2 Å². The molecule has 0 spiro atoms. The van der Waals surface area contributed by atoms with Crippen molar-refractivity contribution in [3.05, 3.63) is 40.3 Å². The number of aliphatic hydroxyl groups is 1. The van der Waals surface area contributed by atoms with Crippen LogP contribution in [0, 0.1) is 13.8 Å². The van der Waals surface area contributed by atoms with Crippen molar-refractivity contribution in [1.29, 1.82) is 0 Å². The minimum Gasteiger partial charge on any atom is -0.462 e. The van der Waals surface area contributed by atoms with E-state index in [9.17, 15) is 14.7 Å². The van der Waals surface area contributed by atoms with Gasteiger partial charge in [0.1, 0.15) is 10.6 Å². The Hall–Kier alpha value is -2.22. The van der Waals surface area contributed by atoms with E-state index in [2.05, 4.69) is 11.4 Å². The van der Waals surface area contributed by atoms with Crippen molar-refractivity contribution >= 4 is 28.2 Å². The van der Waals surface area contributed by atoms with Gasteiger partial charge < -0.3 is 15.2 Å². The maximum atomic E-state index is 12.7. The van der Waals surface area contributed by atoms with Gasteiger partial charge in [-0.1, -0.05) is 23.8 Å². The lowest BCUT2D eigenvalue weighted by Gasteiger charge is -2.28. The molecule has 156 valence electrons. The van der Waals surface area contributed by atoms with Gasteiger partial charge in [-0.25, -0.2) is 4.79 Å². The van der Waals surface area contributed by atoms with Gasteiger partial charge in [-0.3, -0.25) is 9.69 Å². The minimum atomic E-state index is -0.430. The molecule has 1 aliphatic rings. The second-order valence-corrected chi connectivity index (χ2v) is 8.33. The quantitative estimate of drug-likeness (QED) is 0.704. The Bertz CT molecular complexity index is 885. The molecule has 0 unspecified atom stereocenters. The summed E-state index contributed by atoms with van der Waals surface area (Å²) in [7, 11) is 0. The average Bonchev–Trinajstić information content (AvgIpc) is 3.07. The van der Waals surface area contributed by atoms with Crippen LogP contribution in [-0.2, 0) is 9.53 Å². The maximum absolute atomic E-state index is 12.7. The van der Waals surface area contributed by atoms with E-state index in [1.807, 2.05) is 36.3 Å². The van der Waals surface area contributed by atoms with Crippen molar-refractivity contribution in [3.8, 4) is 11.1 Å². The number of thiophene rings is 1. The monoisotopic (exact) mass is 416 g/mol. The van der Waals surface area contributed by atoms with E-state index < -0.39 is 5.97 Å². The van der Waals surface area contributed by atoms with Gasteiger partial charge in [0, 0.05) is 24.0 Å². The smallest absolute Gasteiger partial charge is 0.341 e. The van der Waals surface area contributed by atoms with Crippen LogP contribution in [0.2, 0.25) is 0 Å². The third-order valence-corrected chi connectivity index (χ3v) is 6.02. The molecule has 29 heavy (non-hydrogen) atoms. The summed E-state index contributed by atoms with van der Waals surface area (Å²) in [6.07, 6.45) is 1.08. The molecule has 1 aliphatic heterocycles. The fraction of sp³-hybridized carbons (Fsp3) is 0.455. The Balaban J connectivity index is 1.83. The van der Waals surface area contributed by atoms with E-state index in [1.165, 1.54) is 11.3 Å². The van der Waals surface area contributed by atoms with Crippen LogP contribution in [0.25, 0.3) is 11.1 Å². The first-order valence-corrected chi connectivity index (χ1v) is 10.8. The summed E-state index contributed by atoms with van der Waals surface area (Å²) in [4.78, 5) is 27.3. The van der Waals surface area contributed by atoms with Crippen LogP contribution in [0.15, 0.2) is 23.6 Å². The van der Waals surface area contributed by atoms with Gasteiger partial charge in [0.2, 0.25) is 5.91 Å². The van der Waals surface area contributed by atoms with Crippen LogP contribution in [0.5, 0.6) is 0 Å².